The van der Waals surface area contributed by atoms with Crippen molar-refractivity contribution in [1.29, 1.82) is 0 Å². The molecule has 0 bridgehead atoms. The van der Waals surface area contributed by atoms with Gasteiger partial charge < -0.3 is 0 Å². The minimum Gasteiger partial charge on any atom is -0.269 e. The third-order valence-corrected chi connectivity index (χ3v) is 7.29. The zero-order valence-corrected chi connectivity index (χ0v) is 19.8. The highest BCUT2D eigenvalue weighted by atomic mass is 32.1. The monoisotopic (exact) mass is 501 g/mol. The molecule has 0 atom stereocenters. The molecule has 6 aromatic rings. The molecule has 0 unspecified atom stereocenters. The Morgan fingerprint density at radius 2 is 1.30 bits per heavy atom. The summed E-state index contributed by atoms with van der Waals surface area (Å²) in [5.41, 5.74) is 7.56. The van der Waals surface area contributed by atoms with Crippen LogP contribution in [0.4, 0.5) is 5.82 Å². The molecule has 1 N–H and O–H groups in total. The van der Waals surface area contributed by atoms with E-state index < -0.39 is 11.8 Å². The molecule has 2 amide bonds. The largest absolute Gasteiger partial charge is 0.280 e. The van der Waals surface area contributed by atoms with Gasteiger partial charge in [-0.15, -0.1) is 31.7 Å². The number of thiophene rings is 1. The van der Waals surface area contributed by atoms with Gasteiger partial charge in [-0.3, -0.25) is 15.0 Å². The van der Waals surface area contributed by atoms with Crippen LogP contribution in [0.5, 0.6) is 0 Å². The summed E-state index contributed by atoms with van der Waals surface area (Å²) in [5, 5.41) is 23.3. The van der Waals surface area contributed by atoms with Crippen LogP contribution >= 0.6 is 11.3 Å². The summed E-state index contributed by atoms with van der Waals surface area (Å²) in [7, 11) is 0. The van der Waals surface area contributed by atoms with Crippen molar-refractivity contribution in [3.8, 4) is 22.4 Å². The molecule has 176 valence electrons. The Balaban J connectivity index is 1.43. The van der Waals surface area contributed by atoms with Crippen LogP contribution < -0.4 is 5.43 Å². The Bertz CT molecular complexity index is 1820. The van der Waals surface area contributed by atoms with Gasteiger partial charge in [0.05, 0.1) is 16.5 Å². The molecule has 4 heterocycles. The first-order chi connectivity index (χ1) is 18.2. The van der Waals surface area contributed by atoms with Crippen molar-refractivity contribution in [2.75, 3.05) is 5.43 Å². The van der Waals surface area contributed by atoms with Crippen molar-refractivity contribution in [2.24, 2.45) is 0 Å². The average molecular weight is 502 g/mol. The van der Waals surface area contributed by atoms with Gasteiger partial charge in [0, 0.05) is 11.1 Å². The van der Waals surface area contributed by atoms with Crippen molar-refractivity contribution in [3.63, 3.8) is 0 Å². The van der Waals surface area contributed by atoms with E-state index in [1.807, 2.05) is 60.7 Å². The van der Waals surface area contributed by atoms with Gasteiger partial charge in [0.25, 0.3) is 11.8 Å². The Labute approximate surface area is 213 Å². The molecule has 9 nitrogen and oxygen atoms in total. The minimum absolute atomic E-state index is 0.239. The van der Waals surface area contributed by atoms with Gasteiger partial charge in [-0.25, -0.2) is 0 Å². The summed E-state index contributed by atoms with van der Waals surface area (Å²) < 4.78 is 0.609. The van der Waals surface area contributed by atoms with Crippen LogP contribution in [0, 0.1) is 0 Å². The van der Waals surface area contributed by atoms with Gasteiger partial charge in [-0.1, -0.05) is 72.8 Å². The molecule has 0 aliphatic carbocycles. The fourth-order valence-electron chi connectivity index (χ4n) is 4.54. The molecule has 0 fully saturated rings. The number of nitrogens with one attached hydrogen (secondary N) is 1. The predicted octanol–water partition coefficient (Wildman–Crippen LogP) is 4.99. The van der Waals surface area contributed by atoms with Gasteiger partial charge in [-0.2, -0.15) is 5.01 Å². The number of carbonyl (C=O) groups is 2. The Morgan fingerprint density at radius 1 is 0.676 bits per heavy atom. The zero-order chi connectivity index (χ0) is 24.9. The lowest BCUT2D eigenvalue weighted by atomic mass is 9.97. The standard InChI is InChI=1S/C27H15N7O2S/c35-26-17-13-7-8-14-18(17)27(36)34(26)32-24-23-22(29-33-30-24)20-19(15-9-3-1-4-10-15)21(28-31-25(20)37-23)16-11-5-2-6-12-16/h1-14H,(H,29,30,32). The number of benzene rings is 3. The number of aromatic nitrogens is 5. The number of anilines is 1. The molecular formula is C27H15N7O2S. The summed E-state index contributed by atoms with van der Waals surface area (Å²) in [6.45, 7) is 0. The van der Waals surface area contributed by atoms with Crippen molar-refractivity contribution in [2.45, 2.75) is 0 Å². The highest BCUT2D eigenvalue weighted by molar-refractivity contribution is 7.26. The highest BCUT2D eigenvalue weighted by Gasteiger charge is 2.36. The summed E-state index contributed by atoms with van der Waals surface area (Å²) >= 11 is 1.32. The van der Waals surface area contributed by atoms with E-state index in [1.54, 1.807) is 24.3 Å². The number of hydrazine groups is 1. The molecule has 0 radical (unpaired) electrons. The maximum atomic E-state index is 12.9. The van der Waals surface area contributed by atoms with Crippen LogP contribution in [-0.4, -0.2) is 42.4 Å². The molecule has 37 heavy (non-hydrogen) atoms. The lowest BCUT2D eigenvalue weighted by molar-refractivity contribution is 0.0690. The quantitative estimate of drug-likeness (QED) is 0.336. The van der Waals surface area contributed by atoms with E-state index in [2.05, 4.69) is 31.0 Å². The Hall–Kier alpha value is -5.09. The number of hydrogen-bond acceptors (Lipinski definition) is 9. The molecule has 3 aromatic heterocycles. The fraction of sp³-hybridized carbons (Fsp3) is 0. The van der Waals surface area contributed by atoms with E-state index in [-0.39, 0.29) is 5.82 Å². The summed E-state index contributed by atoms with van der Waals surface area (Å²) in [6, 6.07) is 26.4. The maximum Gasteiger partial charge on any atom is 0.280 e. The fourth-order valence-corrected chi connectivity index (χ4v) is 5.54. The summed E-state index contributed by atoms with van der Waals surface area (Å²) in [5.74, 6) is -0.669. The molecule has 0 spiro atoms. The van der Waals surface area contributed by atoms with Crippen LogP contribution in [0.3, 0.4) is 0 Å². The molecular weight excluding hydrogens is 486 g/mol. The van der Waals surface area contributed by atoms with Crippen molar-refractivity contribution < 1.29 is 9.59 Å². The third-order valence-electron chi connectivity index (χ3n) is 6.22. The molecule has 3 aromatic carbocycles. The van der Waals surface area contributed by atoms with E-state index in [0.29, 0.717) is 31.9 Å². The first-order valence-corrected chi connectivity index (χ1v) is 12.2. The van der Waals surface area contributed by atoms with Crippen molar-refractivity contribution >= 4 is 49.4 Å². The van der Waals surface area contributed by atoms with Crippen molar-refractivity contribution in [3.05, 3.63) is 96.1 Å². The molecule has 7 rings (SSSR count). The second-order valence-electron chi connectivity index (χ2n) is 8.36. The lowest BCUT2D eigenvalue weighted by Gasteiger charge is -2.15. The Morgan fingerprint density at radius 3 is 1.97 bits per heavy atom. The van der Waals surface area contributed by atoms with Crippen LogP contribution in [-0.2, 0) is 0 Å². The third kappa shape index (κ3) is 3.27. The zero-order valence-electron chi connectivity index (χ0n) is 19.0. The number of fused-ring (bicyclic) bond motifs is 4. The lowest BCUT2D eigenvalue weighted by Crippen LogP contribution is -2.35. The van der Waals surface area contributed by atoms with Crippen molar-refractivity contribution in [1.82, 2.24) is 30.6 Å². The predicted molar refractivity (Wildman–Crippen MR) is 140 cm³/mol. The highest BCUT2D eigenvalue weighted by Crippen LogP contribution is 2.43. The molecule has 1 aliphatic heterocycles. The smallest absolute Gasteiger partial charge is 0.269 e. The summed E-state index contributed by atoms with van der Waals surface area (Å²) in [6.07, 6.45) is 0. The van der Waals surface area contributed by atoms with Crippen LogP contribution in [0.25, 0.3) is 42.8 Å². The van der Waals surface area contributed by atoms with Gasteiger partial charge >= 0.3 is 0 Å². The second kappa shape index (κ2) is 8.25. The van der Waals surface area contributed by atoms with E-state index in [0.717, 1.165) is 27.1 Å². The number of carbonyl (C=O) groups excluding carboxylic acids is 2. The first-order valence-electron chi connectivity index (χ1n) is 11.4. The van der Waals surface area contributed by atoms with Gasteiger partial charge in [0.15, 0.2) is 5.82 Å². The Kier molecular flexibility index (Phi) is 4.73. The first kappa shape index (κ1) is 21.2. The number of hydrogen-bond donors (Lipinski definition) is 1. The number of nitrogens with zero attached hydrogens (tertiary/aromatic N) is 6. The van der Waals surface area contributed by atoms with Crippen LogP contribution in [0.1, 0.15) is 20.7 Å². The van der Waals surface area contributed by atoms with Crippen LogP contribution in [0.15, 0.2) is 84.9 Å². The number of amides is 2. The molecule has 10 heteroatoms. The normalized spacial score (nSPS) is 12.9. The van der Waals surface area contributed by atoms with E-state index in [4.69, 9.17) is 0 Å². The molecule has 0 saturated heterocycles. The van der Waals surface area contributed by atoms with Gasteiger partial charge in [0.2, 0.25) is 0 Å². The SMILES string of the molecule is O=C1c2ccccc2C(=O)N1Nc1nnnc2c1sc1nnc(-c3ccccc3)c(-c3ccccc3)c12. The number of imide groups is 1. The minimum atomic E-state index is -0.454. The molecule has 0 saturated carbocycles. The topological polar surface area (TPSA) is 114 Å². The average Bonchev–Trinajstić information content (AvgIpc) is 3.45. The van der Waals surface area contributed by atoms with E-state index in [9.17, 15) is 9.59 Å². The van der Waals surface area contributed by atoms with E-state index in [1.165, 1.54) is 11.3 Å². The maximum absolute atomic E-state index is 12.9. The van der Waals surface area contributed by atoms with Gasteiger partial charge in [0.1, 0.15) is 20.7 Å². The van der Waals surface area contributed by atoms with Gasteiger partial charge in [-0.05, 0) is 22.9 Å². The number of rotatable bonds is 4. The second-order valence-corrected chi connectivity index (χ2v) is 9.36. The van der Waals surface area contributed by atoms with E-state index >= 15 is 0 Å². The summed E-state index contributed by atoms with van der Waals surface area (Å²) in [4.78, 5) is 26.5. The molecule has 1 aliphatic rings. The van der Waals surface area contributed by atoms with Crippen LogP contribution in [0.2, 0.25) is 0 Å².